The van der Waals surface area contributed by atoms with Crippen molar-refractivity contribution in [2.45, 2.75) is 64.1 Å². The van der Waals surface area contributed by atoms with Crippen LogP contribution in [0.25, 0.3) is 0 Å². The predicted octanol–water partition coefficient (Wildman–Crippen LogP) is 4.43. The van der Waals surface area contributed by atoms with E-state index in [4.69, 9.17) is 9.57 Å². The molecule has 24 heavy (non-hydrogen) atoms. The number of benzene rings is 1. The SMILES string of the molecule is C=CC(=O)OCC(ON1C(C)(C)CCCC1(C)C)c1ccccc1. The van der Waals surface area contributed by atoms with Crippen molar-refractivity contribution in [1.82, 2.24) is 5.06 Å². The van der Waals surface area contributed by atoms with Gasteiger partial charge in [-0.15, -0.1) is 0 Å². The monoisotopic (exact) mass is 331 g/mol. The highest BCUT2D eigenvalue weighted by Crippen LogP contribution is 2.40. The van der Waals surface area contributed by atoms with Gasteiger partial charge in [-0.1, -0.05) is 36.9 Å². The Hall–Kier alpha value is -1.65. The second-order valence-electron chi connectivity index (χ2n) is 7.61. The molecule has 1 saturated heterocycles. The average Bonchev–Trinajstić information content (AvgIpc) is 2.53. The van der Waals surface area contributed by atoms with Crippen molar-refractivity contribution in [3.63, 3.8) is 0 Å². The number of piperidine rings is 1. The van der Waals surface area contributed by atoms with Crippen molar-refractivity contribution < 1.29 is 14.4 Å². The maximum absolute atomic E-state index is 11.5. The van der Waals surface area contributed by atoms with Crippen LogP contribution in [0.5, 0.6) is 0 Å². The Balaban J connectivity index is 2.23. The number of ether oxygens (including phenoxy) is 1. The number of rotatable bonds is 6. The van der Waals surface area contributed by atoms with Gasteiger partial charge in [0.1, 0.15) is 12.7 Å². The summed E-state index contributed by atoms with van der Waals surface area (Å²) < 4.78 is 5.28. The lowest BCUT2D eigenvalue weighted by Crippen LogP contribution is -2.58. The van der Waals surface area contributed by atoms with Crippen LogP contribution >= 0.6 is 0 Å². The largest absolute Gasteiger partial charge is 0.459 e. The second-order valence-corrected chi connectivity index (χ2v) is 7.61. The molecule has 0 N–H and O–H groups in total. The van der Waals surface area contributed by atoms with E-state index in [0.717, 1.165) is 18.4 Å². The van der Waals surface area contributed by atoms with Crippen LogP contribution in [0, 0.1) is 0 Å². The lowest BCUT2D eigenvalue weighted by molar-refractivity contribution is -0.311. The molecule has 0 spiro atoms. The van der Waals surface area contributed by atoms with Crippen LogP contribution in [0.2, 0.25) is 0 Å². The Morgan fingerprint density at radius 1 is 1.21 bits per heavy atom. The van der Waals surface area contributed by atoms with Crippen molar-refractivity contribution >= 4 is 5.97 Å². The fraction of sp³-hybridized carbons (Fsp3) is 0.550. The van der Waals surface area contributed by atoms with Gasteiger partial charge < -0.3 is 4.74 Å². The van der Waals surface area contributed by atoms with Gasteiger partial charge >= 0.3 is 5.97 Å². The Bertz CT molecular complexity index is 550. The molecule has 0 bridgehead atoms. The smallest absolute Gasteiger partial charge is 0.330 e. The Labute approximate surface area is 145 Å². The molecular formula is C20H29NO3. The molecule has 0 aliphatic carbocycles. The molecule has 1 aliphatic rings. The van der Waals surface area contributed by atoms with E-state index >= 15 is 0 Å². The summed E-state index contributed by atoms with van der Waals surface area (Å²) in [6, 6.07) is 9.89. The highest BCUT2D eigenvalue weighted by atomic mass is 16.7. The van der Waals surface area contributed by atoms with Gasteiger partial charge in [0.05, 0.1) is 0 Å². The van der Waals surface area contributed by atoms with E-state index < -0.39 is 5.97 Å². The van der Waals surface area contributed by atoms with Gasteiger partial charge in [0, 0.05) is 17.2 Å². The lowest BCUT2D eigenvalue weighted by Gasteiger charge is -2.52. The summed E-state index contributed by atoms with van der Waals surface area (Å²) in [5.74, 6) is -0.434. The van der Waals surface area contributed by atoms with Crippen LogP contribution in [0.4, 0.5) is 0 Å². The molecule has 1 aromatic carbocycles. The van der Waals surface area contributed by atoms with Crippen molar-refractivity contribution in [3.8, 4) is 0 Å². The highest BCUT2D eigenvalue weighted by molar-refractivity contribution is 5.81. The first-order chi connectivity index (χ1) is 11.3. The zero-order valence-corrected chi connectivity index (χ0v) is 15.2. The van der Waals surface area contributed by atoms with E-state index in [1.807, 2.05) is 30.3 Å². The lowest BCUT2D eigenvalue weighted by atomic mass is 9.82. The van der Waals surface area contributed by atoms with Crippen LogP contribution in [0.3, 0.4) is 0 Å². The molecule has 4 nitrogen and oxygen atoms in total. The van der Waals surface area contributed by atoms with Gasteiger partial charge in [-0.3, -0.25) is 4.84 Å². The van der Waals surface area contributed by atoms with E-state index in [1.54, 1.807) is 0 Å². The van der Waals surface area contributed by atoms with Crippen LogP contribution in [0.15, 0.2) is 43.0 Å². The van der Waals surface area contributed by atoms with E-state index in [2.05, 4.69) is 39.3 Å². The van der Waals surface area contributed by atoms with Crippen molar-refractivity contribution in [1.29, 1.82) is 0 Å². The molecule has 1 unspecified atom stereocenters. The summed E-state index contributed by atoms with van der Waals surface area (Å²) in [5, 5.41) is 2.10. The third-order valence-electron chi connectivity index (χ3n) is 4.62. The van der Waals surface area contributed by atoms with Gasteiger partial charge in [-0.25, -0.2) is 4.79 Å². The minimum atomic E-state index is -0.434. The van der Waals surface area contributed by atoms with Gasteiger partial charge in [0.15, 0.2) is 0 Å². The molecule has 2 rings (SSSR count). The molecule has 1 atom stereocenters. The molecule has 1 aliphatic heterocycles. The zero-order chi connectivity index (χ0) is 17.8. The summed E-state index contributed by atoms with van der Waals surface area (Å²) in [6.07, 6.45) is 4.17. The van der Waals surface area contributed by atoms with Gasteiger partial charge in [-0.05, 0) is 52.5 Å². The third kappa shape index (κ3) is 4.46. The first-order valence-corrected chi connectivity index (χ1v) is 8.57. The number of hydroxylamine groups is 2. The molecule has 1 aromatic rings. The quantitative estimate of drug-likeness (QED) is 0.571. The molecule has 1 fully saturated rings. The minimum absolute atomic E-state index is 0.0722. The van der Waals surface area contributed by atoms with Crippen LogP contribution < -0.4 is 0 Å². The van der Waals surface area contributed by atoms with E-state index in [1.165, 1.54) is 12.5 Å². The molecule has 0 radical (unpaired) electrons. The number of hydrogen-bond acceptors (Lipinski definition) is 4. The van der Waals surface area contributed by atoms with Gasteiger partial charge in [-0.2, -0.15) is 5.06 Å². The van der Waals surface area contributed by atoms with E-state index in [-0.39, 0.29) is 23.8 Å². The number of carbonyl (C=O) groups excluding carboxylic acids is 1. The molecular weight excluding hydrogens is 302 g/mol. The van der Waals surface area contributed by atoms with Crippen molar-refractivity contribution in [2.24, 2.45) is 0 Å². The predicted molar refractivity (Wildman–Crippen MR) is 95.3 cm³/mol. The Morgan fingerprint density at radius 3 is 2.33 bits per heavy atom. The number of hydrogen-bond donors (Lipinski definition) is 0. The number of nitrogens with zero attached hydrogens (tertiary/aromatic N) is 1. The Kier molecular flexibility index (Phi) is 5.83. The average molecular weight is 331 g/mol. The van der Waals surface area contributed by atoms with Crippen LogP contribution in [-0.2, 0) is 14.4 Å². The normalized spacial score (nSPS) is 21.0. The maximum atomic E-state index is 11.5. The number of carbonyl (C=O) groups is 1. The maximum Gasteiger partial charge on any atom is 0.330 e. The van der Waals surface area contributed by atoms with Crippen LogP contribution in [-0.4, -0.2) is 28.7 Å². The summed E-state index contributed by atoms with van der Waals surface area (Å²) in [6.45, 7) is 12.4. The fourth-order valence-corrected chi connectivity index (χ4v) is 3.46. The number of esters is 1. The standard InChI is InChI=1S/C20H29NO3/c1-6-18(22)23-15-17(16-11-8-7-9-12-16)24-21-19(2,3)13-10-14-20(21,4)5/h6-9,11-12,17H,1,10,13-15H2,2-5H3. The topological polar surface area (TPSA) is 38.8 Å². The van der Waals surface area contributed by atoms with Gasteiger partial charge in [0.2, 0.25) is 0 Å². The summed E-state index contributed by atoms with van der Waals surface area (Å²) in [4.78, 5) is 17.9. The minimum Gasteiger partial charge on any atom is -0.459 e. The molecule has 0 aromatic heterocycles. The van der Waals surface area contributed by atoms with Gasteiger partial charge in [0.25, 0.3) is 0 Å². The first kappa shape index (κ1) is 18.7. The van der Waals surface area contributed by atoms with E-state index in [0.29, 0.717) is 0 Å². The molecule has 132 valence electrons. The molecule has 0 saturated carbocycles. The zero-order valence-electron chi connectivity index (χ0n) is 15.2. The summed E-state index contributed by atoms with van der Waals surface area (Å²) in [5.41, 5.74) is 0.848. The third-order valence-corrected chi connectivity index (χ3v) is 4.62. The van der Waals surface area contributed by atoms with Crippen molar-refractivity contribution in [2.75, 3.05) is 6.61 Å². The second kappa shape index (κ2) is 7.49. The molecule has 0 amide bonds. The highest BCUT2D eigenvalue weighted by Gasteiger charge is 2.43. The van der Waals surface area contributed by atoms with E-state index in [9.17, 15) is 4.79 Å². The first-order valence-electron chi connectivity index (χ1n) is 8.57. The van der Waals surface area contributed by atoms with Crippen LogP contribution in [0.1, 0.15) is 58.6 Å². The summed E-state index contributed by atoms with van der Waals surface area (Å²) in [7, 11) is 0. The molecule has 4 heteroatoms. The summed E-state index contributed by atoms with van der Waals surface area (Å²) >= 11 is 0. The molecule has 1 heterocycles. The fourth-order valence-electron chi connectivity index (χ4n) is 3.46. The Morgan fingerprint density at radius 2 is 1.79 bits per heavy atom. The van der Waals surface area contributed by atoms with Crippen molar-refractivity contribution in [3.05, 3.63) is 48.6 Å².